The predicted octanol–water partition coefficient (Wildman–Crippen LogP) is 3.62. The molecule has 0 spiro atoms. The van der Waals surface area contributed by atoms with Crippen molar-refractivity contribution in [2.75, 3.05) is 18.5 Å². The monoisotopic (exact) mass is 426 g/mol. The second kappa shape index (κ2) is 8.71. The number of nitrogens with one attached hydrogen (secondary N) is 2. The first-order valence-corrected chi connectivity index (χ1v) is 10.7. The molecular weight excluding hydrogens is 404 g/mol. The van der Waals surface area contributed by atoms with Crippen LogP contribution in [0.2, 0.25) is 0 Å². The molecule has 1 aromatic carbocycles. The first-order valence-electron chi connectivity index (χ1n) is 9.89. The van der Waals surface area contributed by atoms with Crippen LogP contribution in [0.5, 0.6) is 0 Å². The quantitative estimate of drug-likeness (QED) is 0.563. The number of esters is 2. The molecule has 0 aliphatic heterocycles. The number of para-hydroxylation sites is 1. The number of H-pyrrole nitrogens is 1. The summed E-state index contributed by atoms with van der Waals surface area (Å²) in [6.45, 7) is 1.60. The lowest BCUT2D eigenvalue weighted by Gasteiger charge is -2.08. The molecule has 0 fully saturated rings. The zero-order valence-corrected chi connectivity index (χ0v) is 17.4. The smallest absolute Gasteiger partial charge is 0.341 e. The number of rotatable bonds is 7. The zero-order valence-electron chi connectivity index (χ0n) is 16.6. The van der Waals surface area contributed by atoms with E-state index in [2.05, 4.69) is 10.3 Å². The number of aromatic amines is 1. The Labute approximate surface area is 177 Å². The fourth-order valence-electron chi connectivity index (χ4n) is 3.70. The van der Waals surface area contributed by atoms with Crippen molar-refractivity contribution in [2.45, 2.75) is 32.6 Å². The number of hydrogen-bond donors (Lipinski definition) is 2. The van der Waals surface area contributed by atoms with Crippen LogP contribution in [0.4, 0.5) is 5.00 Å². The maximum absolute atomic E-state index is 12.4. The SMILES string of the molecule is CCOC(=O)c1c(NC(=O)COC(=O)Cc2c[nH]c3ccccc23)sc2c1CCC2. The van der Waals surface area contributed by atoms with Crippen LogP contribution < -0.4 is 5.32 Å². The summed E-state index contributed by atoms with van der Waals surface area (Å²) < 4.78 is 10.3. The molecule has 0 radical (unpaired) electrons. The summed E-state index contributed by atoms with van der Waals surface area (Å²) in [7, 11) is 0. The molecule has 156 valence electrons. The average molecular weight is 426 g/mol. The van der Waals surface area contributed by atoms with Crippen LogP contribution in [0.15, 0.2) is 30.5 Å². The van der Waals surface area contributed by atoms with Gasteiger partial charge in [0.25, 0.3) is 5.91 Å². The van der Waals surface area contributed by atoms with Gasteiger partial charge in [0.15, 0.2) is 6.61 Å². The Balaban J connectivity index is 1.37. The summed E-state index contributed by atoms with van der Waals surface area (Å²) >= 11 is 1.39. The van der Waals surface area contributed by atoms with Gasteiger partial charge in [-0.25, -0.2) is 4.79 Å². The highest BCUT2D eigenvalue weighted by atomic mass is 32.1. The Morgan fingerprint density at radius 2 is 2.00 bits per heavy atom. The molecular formula is C22H22N2O5S. The molecule has 2 N–H and O–H groups in total. The number of benzene rings is 1. The number of amides is 1. The number of anilines is 1. The number of carbonyl (C=O) groups is 3. The minimum atomic E-state index is -0.491. The van der Waals surface area contributed by atoms with E-state index >= 15 is 0 Å². The van der Waals surface area contributed by atoms with E-state index in [1.807, 2.05) is 24.3 Å². The van der Waals surface area contributed by atoms with Gasteiger partial charge in [-0.1, -0.05) is 18.2 Å². The molecule has 2 heterocycles. The van der Waals surface area contributed by atoms with Crippen molar-refractivity contribution in [3.05, 3.63) is 52.0 Å². The first kappa shape index (κ1) is 20.2. The number of carbonyl (C=O) groups excluding carboxylic acids is 3. The van der Waals surface area contributed by atoms with Crippen LogP contribution in [0.1, 0.15) is 39.7 Å². The summed E-state index contributed by atoms with van der Waals surface area (Å²) in [5.41, 5.74) is 3.16. The van der Waals surface area contributed by atoms with Crippen molar-refractivity contribution < 1.29 is 23.9 Å². The maximum atomic E-state index is 12.4. The summed E-state index contributed by atoms with van der Waals surface area (Å²) in [5, 5.41) is 4.14. The molecule has 4 rings (SSSR count). The van der Waals surface area contributed by atoms with Gasteiger partial charge in [0.05, 0.1) is 18.6 Å². The molecule has 0 atom stereocenters. The largest absolute Gasteiger partial charge is 0.462 e. The Morgan fingerprint density at radius 3 is 2.83 bits per heavy atom. The molecule has 1 amide bonds. The normalized spacial score (nSPS) is 12.6. The minimum Gasteiger partial charge on any atom is -0.462 e. The van der Waals surface area contributed by atoms with E-state index in [-0.39, 0.29) is 13.0 Å². The van der Waals surface area contributed by atoms with Crippen LogP contribution in [-0.4, -0.2) is 36.0 Å². The third-order valence-corrected chi connectivity index (χ3v) is 6.24. The molecule has 0 unspecified atom stereocenters. The van der Waals surface area contributed by atoms with Gasteiger partial charge in [0.2, 0.25) is 0 Å². The van der Waals surface area contributed by atoms with Crippen LogP contribution in [0.25, 0.3) is 10.9 Å². The van der Waals surface area contributed by atoms with Gasteiger partial charge in [-0.3, -0.25) is 9.59 Å². The standard InChI is InChI=1S/C22H22N2O5S/c1-2-28-22(27)20-15-7-5-9-17(15)30-21(20)24-18(25)12-29-19(26)10-13-11-23-16-8-4-3-6-14(13)16/h3-4,6,8,11,23H,2,5,7,9-10,12H2,1H3,(H,24,25). The Hall–Kier alpha value is -3.13. The molecule has 0 saturated heterocycles. The van der Waals surface area contributed by atoms with Crippen molar-refractivity contribution in [3.63, 3.8) is 0 Å². The highest BCUT2D eigenvalue weighted by Gasteiger charge is 2.28. The van der Waals surface area contributed by atoms with Gasteiger partial charge in [-0.05, 0) is 43.4 Å². The lowest BCUT2D eigenvalue weighted by atomic mass is 10.1. The van der Waals surface area contributed by atoms with Crippen molar-refractivity contribution >= 4 is 45.1 Å². The lowest BCUT2D eigenvalue weighted by Crippen LogP contribution is -2.22. The summed E-state index contributed by atoms with van der Waals surface area (Å²) in [6, 6.07) is 7.67. The Morgan fingerprint density at radius 1 is 1.17 bits per heavy atom. The topological polar surface area (TPSA) is 97.5 Å². The van der Waals surface area contributed by atoms with Crippen LogP contribution in [-0.2, 0) is 38.3 Å². The van der Waals surface area contributed by atoms with E-state index in [1.165, 1.54) is 11.3 Å². The fraction of sp³-hybridized carbons (Fsp3) is 0.318. The van der Waals surface area contributed by atoms with E-state index in [4.69, 9.17) is 9.47 Å². The van der Waals surface area contributed by atoms with E-state index in [0.717, 1.165) is 46.2 Å². The van der Waals surface area contributed by atoms with Crippen molar-refractivity contribution in [2.24, 2.45) is 0 Å². The molecule has 30 heavy (non-hydrogen) atoms. The highest BCUT2D eigenvalue weighted by Crippen LogP contribution is 2.39. The third kappa shape index (κ3) is 4.09. The van der Waals surface area contributed by atoms with Crippen molar-refractivity contribution in [1.29, 1.82) is 0 Å². The zero-order chi connectivity index (χ0) is 21.1. The van der Waals surface area contributed by atoms with Gasteiger partial charge in [0, 0.05) is 22.0 Å². The van der Waals surface area contributed by atoms with Crippen LogP contribution in [0.3, 0.4) is 0 Å². The van der Waals surface area contributed by atoms with E-state index in [9.17, 15) is 14.4 Å². The Kier molecular flexibility index (Phi) is 5.85. The molecule has 0 saturated carbocycles. The number of fused-ring (bicyclic) bond motifs is 2. The van der Waals surface area contributed by atoms with Gasteiger partial charge in [-0.2, -0.15) is 0 Å². The second-order valence-electron chi connectivity index (χ2n) is 7.03. The van der Waals surface area contributed by atoms with E-state index in [1.54, 1.807) is 13.1 Å². The molecule has 7 nitrogen and oxygen atoms in total. The number of aromatic nitrogens is 1. The molecule has 1 aliphatic carbocycles. The third-order valence-electron chi connectivity index (χ3n) is 5.03. The summed E-state index contributed by atoms with van der Waals surface area (Å²) in [5.74, 6) is -1.40. The number of aryl methyl sites for hydroxylation is 1. The molecule has 2 aromatic heterocycles. The van der Waals surface area contributed by atoms with Crippen LogP contribution in [0, 0.1) is 0 Å². The van der Waals surface area contributed by atoms with E-state index in [0.29, 0.717) is 10.6 Å². The van der Waals surface area contributed by atoms with Gasteiger partial charge in [0.1, 0.15) is 5.00 Å². The van der Waals surface area contributed by atoms with Gasteiger partial charge in [-0.15, -0.1) is 11.3 Å². The van der Waals surface area contributed by atoms with E-state index < -0.39 is 24.5 Å². The number of ether oxygens (including phenoxy) is 2. The predicted molar refractivity (Wildman–Crippen MR) is 114 cm³/mol. The molecule has 3 aromatic rings. The highest BCUT2D eigenvalue weighted by molar-refractivity contribution is 7.17. The average Bonchev–Trinajstić information content (AvgIpc) is 3.41. The molecule has 0 bridgehead atoms. The summed E-state index contributed by atoms with van der Waals surface area (Å²) in [6.07, 6.45) is 4.52. The maximum Gasteiger partial charge on any atom is 0.341 e. The lowest BCUT2D eigenvalue weighted by molar-refractivity contribution is -0.146. The van der Waals surface area contributed by atoms with Gasteiger partial charge < -0.3 is 19.8 Å². The first-order chi connectivity index (χ1) is 14.6. The number of hydrogen-bond acceptors (Lipinski definition) is 6. The summed E-state index contributed by atoms with van der Waals surface area (Å²) in [4.78, 5) is 41.1. The van der Waals surface area contributed by atoms with Crippen LogP contribution >= 0.6 is 11.3 Å². The molecule has 8 heteroatoms. The molecule has 1 aliphatic rings. The second-order valence-corrected chi connectivity index (χ2v) is 8.13. The van der Waals surface area contributed by atoms with Gasteiger partial charge >= 0.3 is 11.9 Å². The minimum absolute atomic E-state index is 0.0681. The fourth-order valence-corrected chi connectivity index (χ4v) is 5.00. The Bertz CT molecular complexity index is 1110. The van der Waals surface area contributed by atoms with Crippen molar-refractivity contribution in [3.8, 4) is 0 Å². The van der Waals surface area contributed by atoms with Crippen molar-refractivity contribution in [1.82, 2.24) is 4.98 Å². The number of thiophene rings is 1.